The molecule has 0 radical (unpaired) electrons. The number of rotatable bonds is 5. The lowest BCUT2D eigenvalue weighted by Gasteiger charge is -2.56. The lowest BCUT2D eigenvalue weighted by Crippen LogP contribution is -2.47. The predicted octanol–water partition coefficient (Wildman–Crippen LogP) is 7.70. The number of hydrogen-bond donors (Lipinski definition) is 1. The molecule has 1 N–H and O–H groups in total. The van der Waals surface area contributed by atoms with Gasteiger partial charge in [-0.05, 0) is 97.9 Å². The summed E-state index contributed by atoms with van der Waals surface area (Å²) in [6, 6.07) is 0. The van der Waals surface area contributed by atoms with Gasteiger partial charge in [0.25, 0.3) is 0 Å². The normalized spacial score (nSPS) is 43.0. The van der Waals surface area contributed by atoms with E-state index in [1.807, 2.05) is 5.57 Å². The molecule has 4 aliphatic carbocycles. The molecule has 0 amide bonds. The highest BCUT2D eigenvalue weighted by Gasteiger charge is 2.57. The molecule has 0 spiro atoms. The average molecular weight is 399 g/mol. The van der Waals surface area contributed by atoms with Crippen LogP contribution >= 0.6 is 0 Å². The quantitative estimate of drug-likeness (QED) is 0.470. The third-order valence-corrected chi connectivity index (χ3v) is 10.2. The minimum absolute atomic E-state index is 0.190. The smallest absolute Gasteiger partial charge is 0.0750 e. The van der Waals surface area contributed by atoms with Crippen molar-refractivity contribution in [1.82, 2.24) is 0 Å². The molecule has 0 heterocycles. The molecule has 164 valence electrons. The van der Waals surface area contributed by atoms with Crippen LogP contribution < -0.4 is 0 Å². The fourth-order valence-electron chi connectivity index (χ4n) is 8.44. The van der Waals surface area contributed by atoms with Crippen LogP contribution in [-0.4, -0.2) is 11.2 Å². The van der Waals surface area contributed by atoms with E-state index in [2.05, 4.69) is 47.6 Å². The minimum atomic E-state index is -0.190. The monoisotopic (exact) mass is 398 g/mol. The van der Waals surface area contributed by atoms with Gasteiger partial charge < -0.3 is 5.11 Å². The number of fused-ring (bicyclic) bond motifs is 5. The maximum atomic E-state index is 10.4. The summed E-state index contributed by atoms with van der Waals surface area (Å²) in [4.78, 5) is 0. The van der Waals surface area contributed by atoms with Crippen LogP contribution in [0.1, 0.15) is 106 Å². The molecular formula is C28H46O. The van der Waals surface area contributed by atoms with Crippen LogP contribution in [-0.2, 0) is 0 Å². The lowest BCUT2D eigenvalue weighted by molar-refractivity contribution is 0.0396. The first kappa shape index (κ1) is 21.7. The van der Waals surface area contributed by atoms with E-state index in [0.29, 0.717) is 10.8 Å². The molecule has 2 fully saturated rings. The second-order valence-corrected chi connectivity index (χ2v) is 12.2. The minimum Gasteiger partial charge on any atom is -0.389 e. The van der Waals surface area contributed by atoms with Gasteiger partial charge in [0.05, 0.1) is 6.10 Å². The van der Waals surface area contributed by atoms with E-state index in [1.54, 1.807) is 5.57 Å². The highest BCUT2D eigenvalue weighted by Crippen LogP contribution is 2.66. The zero-order valence-corrected chi connectivity index (χ0v) is 20.1. The molecule has 4 aliphatic rings. The second kappa shape index (κ2) is 7.85. The molecule has 0 aromatic heterocycles. The fourth-order valence-corrected chi connectivity index (χ4v) is 8.44. The third-order valence-electron chi connectivity index (χ3n) is 10.2. The standard InChI is InChI=1S/C28H46O/c1-18(2)8-7-9-19(3)22-12-13-24-21-10-11-23-20(4)26(29)15-17-28(23,6)25(21)14-16-27(22,24)5/h10,18-19,22,24-26,29H,7-9,11-17H2,1-6H3. The molecule has 1 nitrogen and oxygen atoms in total. The molecule has 2 saturated carbocycles. The summed E-state index contributed by atoms with van der Waals surface area (Å²) in [5, 5.41) is 10.4. The Balaban J connectivity index is 1.55. The number of allylic oxidation sites excluding steroid dienone is 3. The maximum absolute atomic E-state index is 10.4. The summed E-state index contributed by atoms with van der Waals surface area (Å²) >= 11 is 0. The van der Waals surface area contributed by atoms with Crippen LogP contribution in [0.3, 0.4) is 0 Å². The summed E-state index contributed by atoms with van der Waals surface area (Å²) in [6.45, 7) is 14.7. The van der Waals surface area contributed by atoms with Crippen molar-refractivity contribution in [3.8, 4) is 0 Å². The van der Waals surface area contributed by atoms with Gasteiger partial charge in [0.1, 0.15) is 0 Å². The van der Waals surface area contributed by atoms with Gasteiger partial charge in [-0.2, -0.15) is 0 Å². The highest BCUT2D eigenvalue weighted by molar-refractivity contribution is 5.39. The van der Waals surface area contributed by atoms with Crippen LogP contribution in [0.4, 0.5) is 0 Å². The van der Waals surface area contributed by atoms with Gasteiger partial charge in [0, 0.05) is 0 Å². The molecule has 0 aromatic carbocycles. The van der Waals surface area contributed by atoms with Gasteiger partial charge in [-0.25, -0.2) is 0 Å². The Kier molecular flexibility index (Phi) is 5.86. The summed E-state index contributed by atoms with van der Waals surface area (Å²) in [6.07, 6.45) is 15.6. The SMILES string of the molecule is CC1=C2CC=C3C(CCC4(C)C3CCC4C(C)CCCC(C)C)C2(C)CCC1O. The van der Waals surface area contributed by atoms with Crippen molar-refractivity contribution >= 4 is 0 Å². The molecule has 0 bridgehead atoms. The van der Waals surface area contributed by atoms with E-state index in [0.717, 1.165) is 42.4 Å². The Morgan fingerprint density at radius 2 is 1.76 bits per heavy atom. The lowest BCUT2D eigenvalue weighted by atomic mass is 9.49. The Morgan fingerprint density at radius 1 is 1.00 bits per heavy atom. The summed E-state index contributed by atoms with van der Waals surface area (Å²) in [5.74, 6) is 4.20. The number of aliphatic hydroxyl groups excluding tert-OH is 1. The number of hydrogen-bond acceptors (Lipinski definition) is 1. The first-order chi connectivity index (χ1) is 13.7. The van der Waals surface area contributed by atoms with Crippen LogP contribution in [0.2, 0.25) is 0 Å². The molecule has 7 atom stereocenters. The highest BCUT2D eigenvalue weighted by atomic mass is 16.3. The van der Waals surface area contributed by atoms with Gasteiger partial charge in [-0.1, -0.05) is 71.1 Å². The molecule has 29 heavy (non-hydrogen) atoms. The number of aliphatic hydroxyl groups is 1. The Labute approximate surface area is 180 Å². The van der Waals surface area contributed by atoms with Crippen LogP contribution in [0.15, 0.2) is 22.8 Å². The van der Waals surface area contributed by atoms with Crippen molar-refractivity contribution in [2.75, 3.05) is 0 Å². The Hall–Kier alpha value is -0.560. The van der Waals surface area contributed by atoms with Gasteiger partial charge >= 0.3 is 0 Å². The van der Waals surface area contributed by atoms with Crippen molar-refractivity contribution in [1.29, 1.82) is 0 Å². The van der Waals surface area contributed by atoms with E-state index in [-0.39, 0.29) is 6.10 Å². The molecule has 0 aliphatic heterocycles. The van der Waals surface area contributed by atoms with E-state index < -0.39 is 0 Å². The van der Waals surface area contributed by atoms with Crippen LogP contribution in [0.5, 0.6) is 0 Å². The van der Waals surface area contributed by atoms with Gasteiger partial charge in [-0.3, -0.25) is 0 Å². The van der Waals surface area contributed by atoms with Crippen molar-refractivity contribution < 1.29 is 5.11 Å². The van der Waals surface area contributed by atoms with Crippen LogP contribution in [0, 0.1) is 40.4 Å². The van der Waals surface area contributed by atoms with E-state index in [9.17, 15) is 5.11 Å². The predicted molar refractivity (Wildman–Crippen MR) is 124 cm³/mol. The molecule has 7 unspecified atom stereocenters. The van der Waals surface area contributed by atoms with Crippen LogP contribution in [0.25, 0.3) is 0 Å². The van der Waals surface area contributed by atoms with Crippen molar-refractivity contribution in [3.05, 3.63) is 22.8 Å². The Bertz CT molecular complexity index is 684. The zero-order chi connectivity index (χ0) is 21.0. The van der Waals surface area contributed by atoms with Crippen molar-refractivity contribution in [2.24, 2.45) is 40.4 Å². The van der Waals surface area contributed by atoms with Crippen molar-refractivity contribution in [2.45, 2.75) is 112 Å². The van der Waals surface area contributed by atoms with E-state index in [1.165, 1.54) is 56.9 Å². The average Bonchev–Trinajstić information content (AvgIpc) is 3.02. The van der Waals surface area contributed by atoms with E-state index >= 15 is 0 Å². The maximum Gasteiger partial charge on any atom is 0.0750 e. The zero-order valence-electron chi connectivity index (χ0n) is 20.1. The van der Waals surface area contributed by atoms with Gasteiger partial charge in [0.15, 0.2) is 0 Å². The largest absolute Gasteiger partial charge is 0.389 e. The summed E-state index contributed by atoms with van der Waals surface area (Å²) in [7, 11) is 0. The molecular weight excluding hydrogens is 352 g/mol. The fraction of sp³-hybridized carbons (Fsp3) is 0.857. The van der Waals surface area contributed by atoms with Crippen molar-refractivity contribution in [3.63, 3.8) is 0 Å². The second-order valence-electron chi connectivity index (χ2n) is 12.2. The summed E-state index contributed by atoms with van der Waals surface area (Å²) in [5.41, 5.74) is 5.57. The van der Waals surface area contributed by atoms with Gasteiger partial charge in [-0.15, -0.1) is 0 Å². The van der Waals surface area contributed by atoms with Gasteiger partial charge in [0.2, 0.25) is 0 Å². The first-order valence-electron chi connectivity index (χ1n) is 12.8. The first-order valence-corrected chi connectivity index (χ1v) is 12.8. The molecule has 4 rings (SSSR count). The molecule has 1 heteroatoms. The van der Waals surface area contributed by atoms with E-state index in [4.69, 9.17) is 0 Å². The molecule has 0 saturated heterocycles. The topological polar surface area (TPSA) is 20.2 Å². The Morgan fingerprint density at radius 3 is 2.48 bits per heavy atom. The third kappa shape index (κ3) is 3.48. The molecule has 0 aromatic rings. The summed E-state index contributed by atoms with van der Waals surface area (Å²) < 4.78 is 0.